The highest BCUT2D eigenvalue weighted by atomic mass is 35.5. The minimum Gasteiger partial charge on any atom is -0.495 e. The van der Waals surface area contributed by atoms with Gasteiger partial charge < -0.3 is 85.2 Å². The molecule has 97 heavy (non-hydrogen) atoms. The second kappa shape index (κ2) is 34.1. The first kappa shape index (κ1) is 75.8. The fourth-order valence-corrected chi connectivity index (χ4v) is 11.8. The Kier molecular flexibility index (Phi) is 26.6. The monoisotopic (exact) mass is 1390 g/mol. The summed E-state index contributed by atoms with van der Waals surface area (Å²) in [5.41, 5.74) is 4.45. The summed E-state index contributed by atoms with van der Waals surface area (Å²) in [7, 11) is 5.80. The number of aliphatic hydroxyl groups is 1. The van der Waals surface area contributed by atoms with Crippen LogP contribution in [-0.2, 0) is 73.2 Å². The number of carbonyl (C=O) groups excluding carboxylic acids is 10. The fraction of sp³-hybridized carbons (Fsp3) is 0.538. The number of imide groups is 1. The van der Waals surface area contributed by atoms with E-state index in [0.29, 0.717) is 33.8 Å². The number of fused-ring (bicyclic) bond motifs is 6. The predicted molar refractivity (Wildman–Crippen MR) is 355 cm³/mol. The number of hydrogen-bond acceptors (Lipinski definition) is 21. The number of thiocarbonyl (C=S) groups is 1. The molecule has 1 aromatic heterocycles. The molecule has 10 atom stereocenters. The number of alkyl carbamates (subject to hydrolysis) is 1. The third kappa shape index (κ3) is 20.0. The standard InChI is InChI=1S/C65H86ClN11O19S/c1-35(2)55(73-62(97)69-24-26-92-28-27-91-25-22-53(81)96-77-50(78)20-21-51(77)79)58(83)71-43(14-12-23-68-61(67)86)57(82)72-49-19-17-40-32-41(16-18-42(40)70-49)59(84)75(7)38(5)60(85)94-48-33-52(80)76(8)44-30-39(31-45(89-9)54(44)66)29-36(3)13-11-15-47(90-10)65(88)34-46(93-63(87)74-65)37(4)56-64(48,6)95-56/h11,13,15-19,30-32,35,37-38,43,46-48,55-56,88H,12,14,20-29,33-34H2,1-10H3,(H,71,83)(H,74,87)(H3,67,68,86)(H2,69,73,97)(H,70,72,82)/b15-11+,36-13+/t37-,38+,43+,46+,47-,48+,55+,56+,64+,65+/m1/s1. The molecule has 32 heteroatoms. The maximum Gasteiger partial charge on any atom is 0.409 e. The number of carbonyl (C=O) groups is 10. The van der Waals surface area contributed by atoms with Crippen molar-refractivity contribution in [2.75, 3.05) is 78.0 Å². The lowest BCUT2D eigenvalue weighted by atomic mass is 9.83. The summed E-state index contributed by atoms with van der Waals surface area (Å²) in [6.45, 7) is 11.1. The van der Waals surface area contributed by atoms with Crippen LogP contribution in [-0.4, -0.2) is 206 Å². The number of nitrogens with one attached hydrogen (secondary N) is 6. The van der Waals surface area contributed by atoms with E-state index in [0.717, 1.165) is 11.1 Å². The number of nitrogens with zero attached hydrogens (tertiary/aromatic N) is 4. The lowest BCUT2D eigenvalue weighted by molar-refractivity contribution is -0.198. The predicted octanol–water partition coefficient (Wildman–Crippen LogP) is 3.77. The molecule has 0 unspecified atom stereocenters. The van der Waals surface area contributed by atoms with Crippen LogP contribution in [0.2, 0.25) is 5.02 Å². The Balaban J connectivity index is 0.979. The molecule has 2 aromatic carbocycles. The number of amides is 9. The molecule has 0 saturated carbocycles. The number of epoxide rings is 1. The van der Waals surface area contributed by atoms with Crippen LogP contribution in [0.3, 0.4) is 0 Å². The highest BCUT2D eigenvalue weighted by Gasteiger charge is 2.64. The normalized spacial score (nSPS) is 23.6. The molecule has 4 aliphatic heterocycles. The number of aromatic nitrogens is 1. The number of esters is 1. The lowest BCUT2D eigenvalue weighted by Crippen LogP contribution is -2.63. The molecule has 3 saturated heterocycles. The smallest absolute Gasteiger partial charge is 0.409 e. The van der Waals surface area contributed by atoms with E-state index in [1.54, 1.807) is 70.2 Å². The van der Waals surface area contributed by atoms with Gasteiger partial charge in [0.2, 0.25) is 17.7 Å². The molecule has 0 aliphatic carbocycles. The van der Waals surface area contributed by atoms with Crippen LogP contribution in [0.5, 0.6) is 5.75 Å². The van der Waals surface area contributed by atoms with Gasteiger partial charge in [-0.05, 0) is 106 Å². The quantitative estimate of drug-likeness (QED) is 0.0186. The Morgan fingerprint density at radius 3 is 2.33 bits per heavy atom. The van der Waals surface area contributed by atoms with E-state index < -0.39 is 126 Å². The van der Waals surface area contributed by atoms with E-state index in [-0.39, 0.29) is 105 Å². The minimum atomic E-state index is -1.92. The Morgan fingerprint density at radius 2 is 1.65 bits per heavy atom. The van der Waals surface area contributed by atoms with Crippen LogP contribution in [0, 0.1) is 11.8 Å². The van der Waals surface area contributed by atoms with Crippen LogP contribution in [0.1, 0.15) is 102 Å². The molecular weight excluding hydrogens is 1310 g/mol. The van der Waals surface area contributed by atoms with Gasteiger partial charge in [-0.25, -0.2) is 24.2 Å². The first-order chi connectivity index (χ1) is 46.0. The average molecular weight is 1390 g/mol. The molecule has 3 aromatic rings. The van der Waals surface area contributed by atoms with Gasteiger partial charge in [0.05, 0.1) is 63.7 Å². The zero-order valence-corrected chi connectivity index (χ0v) is 57.4. The fourth-order valence-electron chi connectivity index (χ4n) is 11.2. The van der Waals surface area contributed by atoms with E-state index in [2.05, 4.69) is 36.9 Å². The molecule has 528 valence electrons. The molecule has 9 N–H and O–H groups in total. The highest BCUT2D eigenvalue weighted by Crippen LogP contribution is 2.49. The zero-order valence-electron chi connectivity index (χ0n) is 55.8. The molecule has 7 rings (SSSR count). The highest BCUT2D eigenvalue weighted by molar-refractivity contribution is 7.80. The molecule has 30 nitrogen and oxygen atoms in total. The Labute approximate surface area is 571 Å². The number of rotatable bonds is 26. The summed E-state index contributed by atoms with van der Waals surface area (Å²) in [4.78, 5) is 143. The van der Waals surface area contributed by atoms with Gasteiger partial charge in [0.15, 0.2) is 10.8 Å². The summed E-state index contributed by atoms with van der Waals surface area (Å²) < 4.78 is 40.6. The summed E-state index contributed by atoms with van der Waals surface area (Å²) in [6.07, 6.45) is 0.133. The second-order valence-corrected chi connectivity index (χ2v) is 25.3. The third-order valence-corrected chi connectivity index (χ3v) is 17.7. The molecule has 4 bridgehead atoms. The molecule has 9 amide bonds. The maximum atomic E-state index is 14.6. The average Bonchev–Trinajstić information content (AvgIpc) is 1.58. The van der Waals surface area contributed by atoms with Crippen LogP contribution in [0.15, 0.2) is 66.3 Å². The largest absolute Gasteiger partial charge is 0.495 e. The third-order valence-electron chi connectivity index (χ3n) is 17.0. The van der Waals surface area contributed by atoms with Gasteiger partial charge >= 0.3 is 24.1 Å². The van der Waals surface area contributed by atoms with Crippen molar-refractivity contribution >= 4 is 111 Å². The van der Waals surface area contributed by atoms with Crippen LogP contribution >= 0.6 is 23.8 Å². The topological polar surface area (TPSA) is 389 Å². The lowest BCUT2D eigenvalue weighted by Gasteiger charge is -2.42. The number of pyridine rings is 1. The maximum absolute atomic E-state index is 14.6. The summed E-state index contributed by atoms with van der Waals surface area (Å²) in [5, 5.41) is 29.7. The Bertz CT molecular complexity index is 3510. The number of anilines is 2. The number of hydroxylamine groups is 2. The summed E-state index contributed by atoms with van der Waals surface area (Å²) >= 11 is 12.3. The first-order valence-corrected chi connectivity index (χ1v) is 32.4. The van der Waals surface area contributed by atoms with Crippen molar-refractivity contribution in [3.05, 3.63) is 82.4 Å². The molecule has 5 heterocycles. The van der Waals surface area contributed by atoms with Crippen molar-refractivity contribution in [1.82, 2.24) is 41.5 Å². The first-order valence-electron chi connectivity index (χ1n) is 31.6. The van der Waals surface area contributed by atoms with Gasteiger partial charge in [0, 0.05) is 70.4 Å². The van der Waals surface area contributed by atoms with Crippen molar-refractivity contribution < 1.29 is 91.0 Å². The van der Waals surface area contributed by atoms with Gasteiger partial charge in [-0.15, -0.1) is 5.06 Å². The number of methoxy groups -OCH3 is 2. The van der Waals surface area contributed by atoms with Gasteiger partial charge in [0.25, 0.3) is 17.7 Å². The Hall–Kier alpha value is -8.59. The van der Waals surface area contributed by atoms with E-state index >= 15 is 0 Å². The molecule has 0 spiro atoms. The second-order valence-electron chi connectivity index (χ2n) is 24.5. The van der Waals surface area contributed by atoms with Crippen molar-refractivity contribution in [1.29, 1.82) is 0 Å². The number of ether oxygens (including phenoxy) is 7. The van der Waals surface area contributed by atoms with E-state index in [1.807, 2.05) is 13.0 Å². The molecule has 4 aliphatic rings. The van der Waals surface area contributed by atoms with Crippen molar-refractivity contribution in [2.24, 2.45) is 17.6 Å². The SMILES string of the molecule is COc1cc2cc(c1Cl)N(C)C(=O)C[C@H](OC(=O)[C@H](C)N(C)C(=O)c1ccc3nc(NC(=O)[C@H](CCCNC(N)=O)NC(=O)[C@@H](NC(=S)NCCOCCOCCC(=O)ON4C(=O)CCC4=O)C(C)C)ccc3c1)[C@]1(C)O[C@H]1[C@H](C)[C@@H]1C[C@@](O)(NC(=O)O1)[C@H](OC)/C=C/C=C(\C)C2. The summed E-state index contributed by atoms with van der Waals surface area (Å²) in [5.74, 6) is -5.69. The van der Waals surface area contributed by atoms with Crippen molar-refractivity contribution in [3.63, 3.8) is 0 Å². The number of allylic oxidation sites excluding steroid dienone is 3. The van der Waals surface area contributed by atoms with Crippen LogP contribution in [0.4, 0.5) is 21.1 Å². The number of benzene rings is 2. The van der Waals surface area contributed by atoms with Crippen LogP contribution in [0.25, 0.3) is 10.9 Å². The van der Waals surface area contributed by atoms with E-state index in [1.165, 1.54) is 57.2 Å². The molecular formula is C65H86ClN11O19S. The van der Waals surface area contributed by atoms with Crippen molar-refractivity contribution in [2.45, 2.75) is 147 Å². The van der Waals surface area contributed by atoms with Gasteiger partial charge in [-0.1, -0.05) is 56.2 Å². The van der Waals surface area contributed by atoms with Gasteiger partial charge in [-0.3, -0.25) is 34.1 Å². The van der Waals surface area contributed by atoms with E-state index in [9.17, 15) is 53.1 Å². The molecule has 3 fully saturated rings. The van der Waals surface area contributed by atoms with Gasteiger partial charge in [0.1, 0.15) is 58.6 Å². The summed E-state index contributed by atoms with van der Waals surface area (Å²) in [6, 6.07) is 7.15. The number of hydrogen-bond donors (Lipinski definition) is 8. The number of urea groups is 1. The van der Waals surface area contributed by atoms with E-state index in [4.69, 9.17) is 67.5 Å². The van der Waals surface area contributed by atoms with Gasteiger partial charge in [-0.2, -0.15) is 0 Å². The number of nitrogens with two attached hydrogens (primary N) is 1. The molecule has 0 radical (unpaired) electrons. The van der Waals surface area contributed by atoms with Crippen LogP contribution < -0.4 is 47.3 Å². The minimum absolute atomic E-state index is 0.0115. The number of likely N-dealkylation sites (N-methyl/N-ethyl adjacent to an activating group) is 1. The zero-order chi connectivity index (χ0) is 71.1. The Morgan fingerprint density at radius 1 is 0.938 bits per heavy atom. The number of halogens is 1. The van der Waals surface area contributed by atoms with Crippen molar-refractivity contribution in [3.8, 4) is 5.75 Å². The number of primary amides is 1.